The summed E-state index contributed by atoms with van der Waals surface area (Å²) in [6, 6.07) is 1.73. The Morgan fingerprint density at radius 1 is 1.30 bits per heavy atom. The summed E-state index contributed by atoms with van der Waals surface area (Å²) in [6.45, 7) is 3.75. The fourth-order valence-electron chi connectivity index (χ4n) is 3.26. The van der Waals surface area contributed by atoms with Gasteiger partial charge in [-0.3, -0.25) is 9.48 Å². The van der Waals surface area contributed by atoms with Crippen molar-refractivity contribution in [2.45, 2.75) is 19.3 Å². The molecule has 3 rings (SSSR count). The maximum atomic E-state index is 13.7. The molecule has 164 valence electrons. The highest BCUT2D eigenvalue weighted by molar-refractivity contribution is 14.0. The van der Waals surface area contributed by atoms with Gasteiger partial charge in [0, 0.05) is 38.8 Å². The number of aromatic nitrogens is 2. The highest BCUT2D eigenvalue weighted by Gasteiger charge is 2.27. The van der Waals surface area contributed by atoms with Gasteiger partial charge in [-0.15, -0.1) is 24.0 Å². The molecule has 7 nitrogen and oxygen atoms in total. The largest absolute Gasteiger partial charge is 0.357 e. The molecule has 2 aromatic rings. The number of halogens is 4. The normalized spacial score (nSPS) is 16.4. The van der Waals surface area contributed by atoms with Gasteiger partial charge in [-0.1, -0.05) is 0 Å². The molecule has 0 radical (unpaired) electrons. The SMILES string of the molecule is CCNC(=NCC(=O)Nc1ccc(F)c(F)c1F)N1CCC(c2cnn(C)c2)C1.I. The molecule has 1 saturated heterocycles. The number of likely N-dealkylation sites (tertiary alicyclic amines) is 1. The Kier molecular flexibility index (Phi) is 8.50. The van der Waals surface area contributed by atoms with Crippen LogP contribution in [0.25, 0.3) is 0 Å². The Labute approximate surface area is 189 Å². The lowest BCUT2D eigenvalue weighted by atomic mass is 10.0. The van der Waals surface area contributed by atoms with Crippen LogP contribution in [0.3, 0.4) is 0 Å². The van der Waals surface area contributed by atoms with E-state index < -0.39 is 29.0 Å². The Morgan fingerprint density at radius 2 is 2.07 bits per heavy atom. The number of aliphatic imine (C=N–C) groups is 1. The van der Waals surface area contributed by atoms with Gasteiger partial charge in [-0.05, 0) is 31.0 Å². The second kappa shape index (κ2) is 10.6. The van der Waals surface area contributed by atoms with Crippen LogP contribution in [-0.2, 0) is 11.8 Å². The lowest BCUT2D eigenvalue weighted by Gasteiger charge is -2.21. The van der Waals surface area contributed by atoms with Gasteiger partial charge in [0.05, 0.1) is 11.9 Å². The van der Waals surface area contributed by atoms with Crippen molar-refractivity contribution < 1.29 is 18.0 Å². The number of anilines is 1. The van der Waals surface area contributed by atoms with Crippen LogP contribution < -0.4 is 10.6 Å². The maximum absolute atomic E-state index is 13.7. The molecular weight excluding hydrogens is 512 g/mol. The van der Waals surface area contributed by atoms with Crippen molar-refractivity contribution in [3.63, 3.8) is 0 Å². The van der Waals surface area contributed by atoms with E-state index in [-0.39, 0.29) is 30.5 Å². The maximum Gasteiger partial charge on any atom is 0.246 e. The average Bonchev–Trinajstić information content (AvgIpc) is 3.34. The van der Waals surface area contributed by atoms with E-state index in [9.17, 15) is 18.0 Å². The van der Waals surface area contributed by atoms with Gasteiger partial charge < -0.3 is 15.5 Å². The highest BCUT2D eigenvalue weighted by Crippen LogP contribution is 2.26. The van der Waals surface area contributed by atoms with Gasteiger partial charge >= 0.3 is 0 Å². The summed E-state index contributed by atoms with van der Waals surface area (Å²) in [7, 11) is 1.87. The minimum absolute atomic E-state index is 0. The molecule has 1 unspecified atom stereocenters. The molecule has 1 amide bonds. The number of rotatable bonds is 5. The summed E-state index contributed by atoms with van der Waals surface area (Å²) in [6.07, 6.45) is 4.77. The average molecular weight is 536 g/mol. The zero-order chi connectivity index (χ0) is 21.0. The lowest BCUT2D eigenvalue weighted by molar-refractivity contribution is -0.114. The molecule has 1 aromatic carbocycles. The number of benzene rings is 1. The third-order valence-electron chi connectivity index (χ3n) is 4.70. The number of carbonyl (C=O) groups excluding carboxylic acids is 1. The van der Waals surface area contributed by atoms with E-state index in [1.807, 2.05) is 31.3 Å². The van der Waals surface area contributed by atoms with E-state index in [1.165, 1.54) is 0 Å². The van der Waals surface area contributed by atoms with Crippen LogP contribution in [0, 0.1) is 17.5 Å². The molecule has 0 spiro atoms. The van der Waals surface area contributed by atoms with E-state index in [4.69, 9.17) is 0 Å². The van der Waals surface area contributed by atoms with Crippen molar-refractivity contribution in [1.29, 1.82) is 0 Å². The second-order valence-corrected chi connectivity index (χ2v) is 6.82. The summed E-state index contributed by atoms with van der Waals surface area (Å²) < 4.78 is 41.7. The van der Waals surface area contributed by atoms with Gasteiger partial charge in [0.1, 0.15) is 6.54 Å². The first-order chi connectivity index (χ1) is 13.9. The van der Waals surface area contributed by atoms with Gasteiger partial charge in [-0.25, -0.2) is 18.2 Å². The smallest absolute Gasteiger partial charge is 0.246 e. The van der Waals surface area contributed by atoms with Crippen LogP contribution >= 0.6 is 24.0 Å². The van der Waals surface area contributed by atoms with Gasteiger partial charge in [0.25, 0.3) is 0 Å². The number of nitrogens with one attached hydrogen (secondary N) is 2. The molecule has 0 bridgehead atoms. The Balaban J connectivity index is 0.00000320. The predicted octanol–water partition coefficient (Wildman–Crippen LogP) is 2.85. The number of carbonyl (C=O) groups is 1. The monoisotopic (exact) mass is 536 g/mol. The van der Waals surface area contributed by atoms with Gasteiger partial charge in [0.15, 0.2) is 23.4 Å². The molecule has 11 heteroatoms. The Hall–Kier alpha value is -2.31. The summed E-state index contributed by atoms with van der Waals surface area (Å²) in [5.74, 6) is -4.12. The van der Waals surface area contributed by atoms with E-state index in [0.717, 1.165) is 37.2 Å². The van der Waals surface area contributed by atoms with Crippen LogP contribution in [0.1, 0.15) is 24.8 Å². The van der Waals surface area contributed by atoms with Crippen molar-refractivity contribution in [3.05, 3.63) is 47.5 Å². The molecule has 1 aliphatic heterocycles. The molecule has 1 aromatic heterocycles. The first-order valence-electron chi connectivity index (χ1n) is 9.34. The minimum atomic E-state index is -1.63. The van der Waals surface area contributed by atoms with Crippen molar-refractivity contribution in [3.8, 4) is 0 Å². The number of guanidine groups is 1. The molecule has 2 N–H and O–H groups in total. The van der Waals surface area contributed by atoms with Crippen LogP contribution in [0.2, 0.25) is 0 Å². The Bertz CT molecular complexity index is 920. The highest BCUT2D eigenvalue weighted by atomic mass is 127. The quantitative estimate of drug-likeness (QED) is 0.267. The fraction of sp³-hybridized carbons (Fsp3) is 0.421. The molecule has 0 aliphatic carbocycles. The Morgan fingerprint density at radius 3 is 2.73 bits per heavy atom. The van der Waals surface area contributed by atoms with Crippen molar-refractivity contribution in [1.82, 2.24) is 20.0 Å². The van der Waals surface area contributed by atoms with Crippen LogP contribution in [-0.4, -0.2) is 52.7 Å². The third-order valence-corrected chi connectivity index (χ3v) is 4.70. The number of hydrogen-bond acceptors (Lipinski definition) is 3. The lowest BCUT2D eigenvalue weighted by Crippen LogP contribution is -2.40. The van der Waals surface area contributed by atoms with E-state index in [0.29, 0.717) is 18.4 Å². The first kappa shape index (κ1) is 24.0. The van der Waals surface area contributed by atoms with E-state index in [2.05, 4.69) is 20.7 Å². The van der Waals surface area contributed by atoms with Crippen LogP contribution in [0.15, 0.2) is 29.5 Å². The molecule has 30 heavy (non-hydrogen) atoms. The number of hydrogen-bond donors (Lipinski definition) is 2. The molecule has 2 heterocycles. The molecule has 1 atom stereocenters. The number of aryl methyl sites for hydroxylation is 1. The summed E-state index contributed by atoms with van der Waals surface area (Å²) in [5.41, 5.74) is 0.726. The first-order valence-corrected chi connectivity index (χ1v) is 9.34. The second-order valence-electron chi connectivity index (χ2n) is 6.82. The van der Waals surface area contributed by atoms with Crippen molar-refractivity contribution in [2.75, 3.05) is 31.5 Å². The van der Waals surface area contributed by atoms with Gasteiger partial charge in [0.2, 0.25) is 5.91 Å². The summed E-state index contributed by atoms with van der Waals surface area (Å²) >= 11 is 0. The zero-order valence-corrected chi connectivity index (χ0v) is 19.0. The standard InChI is InChI=1S/C19H23F3N6O.HI/c1-3-23-19(28-7-6-12(11-28)13-8-25-27(2)10-13)24-9-16(29)26-15-5-4-14(20)17(21)18(15)22;/h4-5,8,10,12H,3,6-7,9,11H2,1-2H3,(H,23,24)(H,26,29);1H. The third kappa shape index (κ3) is 5.64. The molecule has 1 aliphatic rings. The number of amides is 1. The van der Waals surface area contributed by atoms with E-state index >= 15 is 0 Å². The van der Waals surface area contributed by atoms with Gasteiger partial charge in [-0.2, -0.15) is 5.10 Å². The van der Waals surface area contributed by atoms with Crippen molar-refractivity contribution in [2.24, 2.45) is 12.0 Å². The summed E-state index contributed by atoms with van der Waals surface area (Å²) in [4.78, 5) is 18.5. The fourth-order valence-corrected chi connectivity index (χ4v) is 3.26. The van der Waals surface area contributed by atoms with E-state index in [1.54, 1.807) is 4.68 Å². The van der Waals surface area contributed by atoms with Crippen LogP contribution in [0.4, 0.5) is 18.9 Å². The molecular formula is C19H24F3IN6O. The molecule has 0 saturated carbocycles. The number of nitrogens with zero attached hydrogens (tertiary/aromatic N) is 4. The predicted molar refractivity (Wildman–Crippen MR) is 118 cm³/mol. The zero-order valence-electron chi connectivity index (χ0n) is 16.7. The molecule has 1 fully saturated rings. The van der Waals surface area contributed by atoms with Crippen molar-refractivity contribution >= 4 is 41.5 Å². The topological polar surface area (TPSA) is 74.6 Å². The van der Waals surface area contributed by atoms with Crippen LogP contribution in [0.5, 0.6) is 0 Å². The summed E-state index contributed by atoms with van der Waals surface area (Å²) in [5, 5.41) is 9.56. The minimum Gasteiger partial charge on any atom is -0.357 e.